The van der Waals surface area contributed by atoms with E-state index in [0.717, 1.165) is 5.56 Å². The molecule has 0 saturated heterocycles. The van der Waals surface area contributed by atoms with Gasteiger partial charge in [-0.05, 0) is 36.4 Å². The van der Waals surface area contributed by atoms with E-state index in [1.807, 2.05) is 30.3 Å². The van der Waals surface area contributed by atoms with Crippen molar-refractivity contribution in [2.45, 2.75) is 0 Å². The van der Waals surface area contributed by atoms with Crippen LogP contribution in [-0.2, 0) is 0 Å². The zero-order valence-corrected chi connectivity index (χ0v) is 16.7. The van der Waals surface area contributed by atoms with Crippen molar-refractivity contribution in [2.75, 3.05) is 21.3 Å². The summed E-state index contributed by atoms with van der Waals surface area (Å²) < 4.78 is 27.2. The van der Waals surface area contributed by atoms with Gasteiger partial charge in [0.15, 0.2) is 17.1 Å². The van der Waals surface area contributed by atoms with Crippen LogP contribution < -0.4 is 18.9 Å². The molecule has 7 heteroatoms. The third-order valence-corrected chi connectivity index (χ3v) is 4.49. The minimum atomic E-state index is -0.573. The fourth-order valence-corrected chi connectivity index (χ4v) is 3.04. The summed E-state index contributed by atoms with van der Waals surface area (Å²) in [6.07, 6.45) is 0. The van der Waals surface area contributed by atoms with Gasteiger partial charge in [-0.2, -0.15) is 0 Å². The molecule has 3 aromatic carbocycles. The minimum Gasteiger partial charge on any atom is -0.493 e. The maximum absolute atomic E-state index is 12.7. The topological polar surface area (TPSA) is 80.0 Å². The number of rotatable bonds is 6. The Morgan fingerprint density at radius 1 is 0.867 bits per heavy atom. The Kier molecular flexibility index (Phi) is 5.26. The van der Waals surface area contributed by atoms with Crippen LogP contribution >= 0.6 is 0 Å². The second-order valence-corrected chi connectivity index (χ2v) is 6.32. The van der Waals surface area contributed by atoms with E-state index in [0.29, 0.717) is 40.0 Å². The van der Waals surface area contributed by atoms with E-state index in [1.54, 1.807) is 18.2 Å². The van der Waals surface area contributed by atoms with Crippen molar-refractivity contribution >= 4 is 17.1 Å². The van der Waals surface area contributed by atoms with E-state index in [9.17, 15) is 4.79 Å². The lowest BCUT2D eigenvalue weighted by molar-refractivity contribution is 0.0734. The first-order valence-electron chi connectivity index (χ1n) is 9.11. The van der Waals surface area contributed by atoms with Crippen LogP contribution in [0.2, 0.25) is 0 Å². The van der Waals surface area contributed by atoms with Crippen LogP contribution in [0.1, 0.15) is 10.4 Å². The van der Waals surface area contributed by atoms with E-state index in [-0.39, 0.29) is 5.56 Å². The lowest BCUT2D eigenvalue weighted by Crippen LogP contribution is -2.09. The van der Waals surface area contributed by atoms with E-state index in [1.165, 1.54) is 33.5 Å². The number of carbonyl (C=O) groups is 1. The van der Waals surface area contributed by atoms with Gasteiger partial charge >= 0.3 is 5.97 Å². The molecule has 0 unspecified atom stereocenters. The molecule has 1 heterocycles. The lowest BCUT2D eigenvalue weighted by Gasteiger charge is -2.13. The number of esters is 1. The fourth-order valence-electron chi connectivity index (χ4n) is 3.04. The van der Waals surface area contributed by atoms with Gasteiger partial charge in [0.1, 0.15) is 11.3 Å². The van der Waals surface area contributed by atoms with Crippen LogP contribution in [0, 0.1) is 0 Å². The number of aromatic nitrogens is 1. The summed E-state index contributed by atoms with van der Waals surface area (Å²) in [5.74, 6) is 1.38. The first-order valence-corrected chi connectivity index (χ1v) is 9.11. The zero-order valence-electron chi connectivity index (χ0n) is 16.7. The number of hydrogen-bond acceptors (Lipinski definition) is 7. The molecular weight excluding hydrogens is 386 g/mol. The number of nitrogens with zero attached hydrogens (tertiary/aromatic N) is 1. The van der Waals surface area contributed by atoms with Gasteiger partial charge in [-0.3, -0.25) is 0 Å². The molecule has 30 heavy (non-hydrogen) atoms. The highest BCUT2D eigenvalue weighted by Crippen LogP contribution is 2.38. The highest BCUT2D eigenvalue weighted by molar-refractivity contribution is 5.93. The maximum atomic E-state index is 12.7. The predicted molar refractivity (Wildman–Crippen MR) is 111 cm³/mol. The third kappa shape index (κ3) is 3.65. The molecule has 4 rings (SSSR count). The Balaban J connectivity index is 1.62. The minimum absolute atomic E-state index is 0.257. The normalized spacial score (nSPS) is 10.6. The smallest absolute Gasteiger partial charge is 0.343 e. The van der Waals surface area contributed by atoms with Gasteiger partial charge in [-0.15, -0.1) is 0 Å². The first kappa shape index (κ1) is 19.3. The number of benzene rings is 3. The Hall–Kier alpha value is -4.00. The maximum Gasteiger partial charge on any atom is 0.343 e. The van der Waals surface area contributed by atoms with Gasteiger partial charge in [0.25, 0.3) is 0 Å². The van der Waals surface area contributed by atoms with Gasteiger partial charge in [0.05, 0.1) is 26.9 Å². The van der Waals surface area contributed by atoms with Crippen LogP contribution in [0.3, 0.4) is 0 Å². The highest BCUT2D eigenvalue weighted by atomic mass is 16.5. The van der Waals surface area contributed by atoms with Crippen molar-refractivity contribution in [3.05, 3.63) is 66.2 Å². The number of hydrogen-bond donors (Lipinski definition) is 0. The molecule has 4 aromatic rings. The van der Waals surface area contributed by atoms with Crippen LogP contribution in [0.15, 0.2) is 65.1 Å². The molecule has 0 aliphatic heterocycles. The number of carbonyl (C=O) groups excluding carboxylic acids is 1. The second kappa shape index (κ2) is 8.16. The summed E-state index contributed by atoms with van der Waals surface area (Å²) in [7, 11) is 4.46. The summed E-state index contributed by atoms with van der Waals surface area (Å²) in [5, 5.41) is 0. The molecule has 0 radical (unpaired) electrons. The molecule has 152 valence electrons. The quantitative estimate of drug-likeness (QED) is 0.339. The number of ether oxygens (including phenoxy) is 4. The largest absolute Gasteiger partial charge is 0.493 e. The standard InChI is InChI=1S/C23H19NO6/c1-26-19-11-15(12-20(27-2)21(19)28-3)23(25)29-16-9-10-17-18(13-16)30-22(24-17)14-7-5-4-6-8-14/h4-13H,1-3H3. The number of methoxy groups -OCH3 is 3. The third-order valence-electron chi connectivity index (χ3n) is 4.49. The lowest BCUT2D eigenvalue weighted by atomic mass is 10.2. The van der Waals surface area contributed by atoms with Crippen molar-refractivity contribution in [1.29, 1.82) is 0 Å². The summed E-state index contributed by atoms with van der Waals surface area (Å²) in [4.78, 5) is 17.2. The summed E-state index contributed by atoms with van der Waals surface area (Å²) in [6, 6.07) is 17.7. The molecule has 7 nitrogen and oxygen atoms in total. The van der Waals surface area contributed by atoms with Crippen LogP contribution in [-0.4, -0.2) is 32.3 Å². The zero-order chi connectivity index (χ0) is 21.1. The highest BCUT2D eigenvalue weighted by Gasteiger charge is 2.19. The molecule has 0 aliphatic carbocycles. The molecule has 0 aliphatic rings. The molecule has 1 aromatic heterocycles. The second-order valence-electron chi connectivity index (χ2n) is 6.32. The van der Waals surface area contributed by atoms with Crippen molar-refractivity contribution in [1.82, 2.24) is 4.98 Å². The van der Waals surface area contributed by atoms with E-state index in [4.69, 9.17) is 23.4 Å². The van der Waals surface area contributed by atoms with Gasteiger partial charge < -0.3 is 23.4 Å². The summed E-state index contributed by atoms with van der Waals surface area (Å²) in [5.41, 5.74) is 2.31. The van der Waals surface area contributed by atoms with E-state index >= 15 is 0 Å². The average Bonchev–Trinajstić information content (AvgIpc) is 3.22. The van der Waals surface area contributed by atoms with Gasteiger partial charge in [0, 0.05) is 11.6 Å². The number of fused-ring (bicyclic) bond motifs is 1. The molecular formula is C23H19NO6. The van der Waals surface area contributed by atoms with Gasteiger partial charge in [0.2, 0.25) is 11.6 Å². The van der Waals surface area contributed by atoms with Gasteiger partial charge in [-0.25, -0.2) is 9.78 Å². The fraction of sp³-hybridized carbons (Fsp3) is 0.130. The first-order chi connectivity index (χ1) is 14.6. The Labute approximate surface area is 172 Å². The van der Waals surface area contributed by atoms with E-state index < -0.39 is 5.97 Å². The molecule has 0 bridgehead atoms. The summed E-state index contributed by atoms with van der Waals surface area (Å²) in [6.45, 7) is 0. The van der Waals surface area contributed by atoms with Crippen molar-refractivity contribution in [3.63, 3.8) is 0 Å². The van der Waals surface area contributed by atoms with Crippen LogP contribution in [0.25, 0.3) is 22.6 Å². The molecule has 0 spiro atoms. The SMILES string of the molecule is COc1cc(C(=O)Oc2ccc3nc(-c4ccccc4)oc3c2)cc(OC)c1OC. The Morgan fingerprint density at radius 3 is 2.20 bits per heavy atom. The average molecular weight is 405 g/mol. The monoisotopic (exact) mass is 405 g/mol. The van der Waals surface area contributed by atoms with Crippen molar-refractivity contribution < 1.29 is 28.2 Å². The Bertz CT molecular complexity index is 1170. The predicted octanol–water partition coefficient (Wildman–Crippen LogP) is 4.74. The molecule has 0 atom stereocenters. The van der Waals surface area contributed by atoms with Crippen molar-refractivity contribution in [2.24, 2.45) is 0 Å². The Morgan fingerprint density at radius 2 is 1.57 bits per heavy atom. The van der Waals surface area contributed by atoms with Crippen molar-refractivity contribution in [3.8, 4) is 34.5 Å². The van der Waals surface area contributed by atoms with Crippen LogP contribution in [0.5, 0.6) is 23.0 Å². The number of oxazole rings is 1. The molecule has 0 saturated carbocycles. The summed E-state index contributed by atoms with van der Waals surface area (Å²) >= 11 is 0. The molecule has 0 N–H and O–H groups in total. The van der Waals surface area contributed by atoms with Gasteiger partial charge in [-0.1, -0.05) is 18.2 Å². The molecule has 0 fully saturated rings. The van der Waals surface area contributed by atoms with E-state index in [2.05, 4.69) is 4.98 Å². The van der Waals surface area contributed by atoms with Crippen LogP contribution in [0.4, 0.5) is 0 Å². The molecule has 0 amide bonds.